The van der Waals surface area contributed by atoms with Gasteiger partial charge in [0.25, 0.3) is 0 Å². The van der Waals surface area contributed by atoms with Crippen LogP contribution in [0, 0.1) is 11.8 Å². The van der Waals surface area contributed by atoms with E-state index in [0.717, 1.165) is 18.8 Å². The molecule has 1 aliphatic carbocycles. The van der Waals surface area contributed by atoms with E-state index in [1.54, 1.807) is 0 Å². The van der Waals surface area contributed by atoms with Gasteiger partial charge in [0.1, 0.15) is 0 Å². The van der Waals surface area contributed by atoms with Crippen molar-refractivity contribution in [1.82, 2.24) is 0 Å². The Balaban J connectivity index is 2.52. The van der Waals surface area contributed by atoms with E-state index in [1.807, 2.05) is 0 Å². The van der Waals surface area contributed by atoms with Gasteiger partial charge in [-0.05, 0) is 44.4 Å². The highest BCUT2D eigenvalue weighted by Crippen LogP contribution is 2.37. The Labute approximate surface area is 101 Å². The molecule has 1 saturated carbocycles. The number of nitrogens with two attached hydrogens (primary N) is 1. The third kappa shape index (κ3) is 3.46. The van der Waals surface area contributed by atoms with Crippen molar-refractivity contribution in [3.05, 3.63) is 0 Å². The van der Waals surface area contributed by atoms with Gasteiger partial charge in [-0.3, -0.25) is 0 Å². The molecule has 0 saturated heterocycles. The van der Waals surface area contributed by atoms with E-state index < -0.39 is 0 Å². The molecule has 2 nitrogen and oxygen atoms in total. The van der Waals surface area contributed by atoms with Gasteiger partial charge >= 0.3 is 0 Å². The van der Waals surface area contributed by atoms with Crippen molar-refractivity contribution in [3.8, 4) is 0 Å². The number of hydrogen-bond donors (Lipinski definition) is 1. The molecular weight excluding hydrogens is 198 g/mol. The molecule has 0 radical (unpaired) electrons. The normalized spacial score (nSPS) is 33.0. The minimum absolute atomic E-state index is 0.0185. The summed E-state index contributed by atoms with van der Waals surface area (Å²) in [5.74, 6) is 1.48. The Morgan fingerprint density at radius 3 is 2.19 bits per heavy atom. The van der Waals surface area contributed by atoms with Gasteiger partial charge in [-0.15, -0.1) is 0 Å². The molecule has 0 aromatic rings. The second-order valence-electron chi connectivity index (χ2n) is 5.81. The van der Waals surface area contributed by atoms with Gasteiger partial charge in [0, 0.05) is 6.54 Å². The first-order chi connectivity index (χ1) is 7.53. The van der Waals surface area contributed by atoms with Crippen LogP contribution in [0.5, 0.6) is 0 Å². The van der Waals surface area contributed by atoms with E-state index in [4.69, 9.17) is 10.5 Å². The van der Waals surface area contributed by atoms with Crippen molar-refractivity contribution in [3.63, 3.8) is 0 Å². The standard InChI is InChI=1S/C14H29NO/c1-5-13-6-8-14(10-15,9-7-13)16-12(4)11(2)3/h11-13H,5-10,15H2,1-4H3. The van der Waals surface area contributed by atoms with Crippen LogP contribution in [-0.4, -0.2) is 18.2 Å². The Kier molecular flexibility index (Phi) is 5.26. The lowest BCUT2D eigenvalue weighted by molar-refractivity contribution is -0.121. The summed E-state index contributed by atoms with van der Waals surface area (Å²) in [5.41, 5.74) is 5.93. The predicted molar refractivity (Wildman–Crippen MR) is 69.4 cm³/mol. The molecule has 1 rings (SSSR count). The van der Waals surface area contributed by atoms with Gasteiger partial charge in [0.2, 0.25) is 0 Å². The quantitative estimate of drug-likeness (QED) is 0.781. The van der Waals surface area contributed by atoms with Crippen LogP contribution in [0.2, 0.25) is 0 Å². The van der Waals surface area contributed by atoms with Gasteiger partial charge in [0.05, 0.1) is 11.7 Å². The largest absolute Gasteiger partial charge is 0.370 e. The highest BCUT2D eigenvalue weighted by molar-refractivity contribution is 4.89. The van der Waals surface area contributed by atoms with Crippen LogP contribution in [0.1, 0.15) is 59.8 Å². The van der Waals surface area contributed by atoms with Gasteiger partial charge in [0.15, 0.2) is 0 Å². The molecule has 0 bridgehead atoms. The first kappa shape index (κ1) is 14.0. The maximum atomic E-state index is 6.26. The minimum Gasteiger partial charge on any atom is -0.370 e. The fourth-order valence-electron chi connectivity index (χ4n) is 2.51. The fourth-order valence-corrected chi connectivity index (χ4v) is 2.51. The van der Waals surface area contributed by atoms with Gasteiger partial charge in [-0.2, -0.15) is 0 Å². The molecule has 1 atom stereocenters. The second-order valence-corrected chi connectivity index (χ2v) is 5.81. The van der Waals surface area contributed by atoms with E-state index in [2.05, 4.69) is 27.7 Å². The number of ether oxygens (including phenoxy) is 1. The molecular formula is C14H29NO. The van der Waals surface area contributed by atoms with Crippen LogP contribution in [-0.2, 0) is 4.74 Å². The lowest BCUT2D eigenvalue weighted by Crippen LogP contribution is -2.46. The zero-order chi connectivity index (χ0) is 12.2. The third-order valence-electron chi connectivity index (χ3n) is 4.34. The average molecular weight is 227 g/mol. The van der Waals surface area contributed by atoms with Crippen molar-refractivity contribution >= 4 is 0 Å². The van der Waals surface area contributed by atoms with Crippen LogP contribution in [0.15, 0.2) is 0 Å². The van der Waals surface area contributed by atoms with Crippen molar-refractivity contribution in [2.75, 3.05) is 6.54 Å². The predicted octanol–water partition coefficient (Wildman–Crippen LogP) is 3.35. The number of hydrogen-bond acceptors (Lipinski definition) is 2. The zero-order valence-electron chi connectivity index (χ0n) is 11.5. The maximum absolute atomic E-state index is 6.26. The van der Waals surface area contributed by atoms with Crippen molar-refractivity contribution < 1.29 is 4.74 Å². The van der Waals surface area contributed by atoms with E-state index in [1.165, 1.54) is 19.3 Å². The van der Waals surface area contributed by atoms with E-state index in [9.17, 15) is 0 Å². The summed E-state index contributed by atoms with van der Waals surface area (Å²) in [6.07, 6.45) is 6.51. The molecule has 1 aliphatic rings. The van der Waals surface area contributed by atoms with Crippen molar-refractivity contribution in [2.24, 2.45) is 17.6 Å². The van der Waals surface area contributed by atoms with Crippen molar-refractivity contribution in [2.45, 2.75) is 71.5 Å². The highest BCUT2D eigenvalue weighted by atomic mass is 16.5. The highest BCUT2D eigenvalue weighted by Gasteiger charge is 2.36. The third-order valence-corrected chi connectivity index (χ3v) is 4.34. The molecule has 96 valence electrons. The van der Waals surface area contributed by atoms with Gasteiger partial charge in [-0.1, -0.05) is 27.2 Å². The van der Waals surface area contributed by atoms with Gasteiger partial charge < -0.3 is 10.5 Å². The van der Waals surface area contributed by atoms with Gasteiger partial charge in [-0.25, -0.2) is 0 Å². The van der Waals surface area contributed by atoms with Crippen LogP contribution in [0.3, 0.4) is 0 Å². The molecule has 0 aromatic heterocycles. The SMILES string of the molecule is CCC1CCC(CN)(OC(C)C(C)C)CC1. The fraction of sp³-hybridized carbons (Fsp3) is 1.00. The van der Waals surface area contributed by atoms with Crippen molar-refractivity contribution in [1.29, 1.82) is 0 Å². The summed E-state index contributed by atoms with van der Waals surface area (Å²) in [7, 11) is 0. The molecule has 0 amide bonds. The summed E-state index contributed by atoms with van der Waals surface area (Å²) in [4.78, 5) is 0. The van der Waals surface area contributed by atoms with E-state index in [-0.39, 0.29) is 5.60 Å². The molecule has 0 heterocycles. The summed E-state index contributed by atoms with van der Waals surface area (Å²) >= 11 is 0. The van der Waals surface area contributed by atoms with E-state index in [0.29, 0.717) is 18.6 Å². The lowest BCUT2D eigenvalue weighted by Gasteiger charge is -2.41. The topological polar surface area (TPSA) is 35.2 Å². The Morgan fingerprint density at radius 1 is 1.25 bits per heavy atom. The summed E-state index contributed by atoms with van der Waals surface area (Å²) in [6.45, 7) is 9.57. The Morgan fingerprint density at radius 2 is 1.81 bits per heavy atom. The molecule has 0 spiro atoms. The monoisotopic (exact) mass is 227 g/mol. The minimum atomic E-state index is -0.0185. The molecule has 0 aliphatic heterocycles. The first-order valence-electron chi connectivity index (χ1n) is 6.91. The zero-order valence-corrected chi connectivity index (χ0v) is 11.5. The Bertz CT molecular complexity index is 195. The summed E-state index contributed by atoms with van der Waals surface area (Å²) in [6, 6.07) is 0. The molecule has 1 unspecified atom stereocenters. The first-order valence-corrected chi connectivity index (χ1v) is 6.91. The van der Waals surface area contributed by atoms with Crippen LogP contribution in [0.25, 0.3) is 0 Å². The van der Waals surface area contributed by atoms with Crippen LogP contribution >= 0.6 is 0 Å². The van der Waals surface area contributed by atoms with Crippen LogP contribution in [0.4, 0.5) is 0 Å². The van der Waals surface area contributed by atoms with E-state index >= 15 is 0 Å². The second kappa shape index (κ2) is 6.02. The molecule has 1 fully saturated rings. The molecule has 16 heavy (non-hydrogen) atoms. The maximum Gasteiger partial charge on any atom is 0.0808 e. The number of rotatable bonds is 5. The molecule has 2 heteroatoms. The smallest absolute Gasteiger partial charge is 0.0808 e. The van der Waals surface area contributed by atoms with Crippen LogP contribution < -0.4 is 5.73 Å². The molecule has 0 aromatic carbocycles. The molecule has 2 N–H and O–H groups in total. The lowest BCUT2D eigenvalue weighted by atomic mass is 9.77. The Hall–Kier alpha value is -0.0800. The average Bonchev–Trinajstić information content (AvgIpc) is 2.29. The summed E-state index contributed by atoms with van der Waals surface area (Å²) < 4.78 is 6.26. The summed E-state index contributed by atoms with van der Waals surface area (Å²) in [5, 5.41) is 0.